The summed E-state index contributed by atoms with van der Waals surface area (Å²) in [5, 5.41) is 4.73. The van der Waals surface area contributed by atoms with Crippen molar-refractivity contribution in [2.45, 2.75) is 18.0 Å². The summed E-state index contributed by atoms with van der Waals surface area (Å²) >= 11 is 1.42. The van der Waals surface area contributed by atoms with Crippen LogP contribution in [0.1, 0.15) is 10.6 Å². The molecule has 0 atom stereocenters. The number of thiophene rings is 1. The molecule has 0 aliphatic carbocycles. The quantitative estimate of drug-likeness (QED) is 0.728. The molecule has 6 nitrogen and oxygen atoms in total. The molecule has 3 N–H and O–H groups in total. The van der Waals surface area contributed by atoms with Crippen LogP contribution in [-0.4, -0.2) is 25.4 Å². The van der Waals surface area contributed by atoms with Crippen LogP contribution in [-0.2, 0) is 23.1 Å². The highest BCUT2D eigenvalue weighted by Gasteiger charge is 2.19. The Bertz CT molecular complexity index is 589. The van der Waals surface area contributed by atoms with E-state index < -0.39 is 10.0 Å². The minimum absolute atomic E-state index is 0.206. The predicted octanol–water partition coefficient (Wildman–Crippen LogP) is 0.669. The van der Waals surface area contributed by atoms with Crippen molar-refractivity contribution in [3.05, 3.63) is 34.5 Å². The lowest BCUT2D eigenvalue weighted by Crippen LogP contribution is -2.24. The highest BCUT2D eigenvalue weighted by atomic mass is 32.2. The molecule has 0 radical (unpaired) electrons. The third-order valence-corrected chi connectivity index (χ3v) is 4.87. The summed E-state index contributed by atoms with van der Waals surface area (Å²) < 4.78 is 26.8. The van der Waals surface area contributed by atoms with Crippen LogP contribution in [0.2, 0.25) is 0 Å². The number of hydrogen-bond acceptors (Lipinski definition) is 5. The van der Waals surface area contributed by atoms with Gasteiger partial charge in [0.1, 0.15) is 0 Å². The van der Waals surface area contributed by atoms with Gasteiger partial charge in [-0.2, -0.15) is 0 Å². The second-order valence-corrected chi connectivity index (χ2v) is 6.38. The van der Waals surface area contributed by atoms with Crippen molar-refractivity contribution in [3.63, 3.8) is 0 Å². The van der Waals surface area contributed by atoms with Crippen molar-refractivity contribution in [1.82, 2.24) is 20.0 Å². The second-order valence-electron chi connectivity index (χ2n) is 3.64. The fourth-order valence-electron chi connectivity index (χ4n) is 1.49. The highest BCUT2D eigenvalue weighted by Crippen LogP contribution is 2.21. The zero-order chi connectivity index (χ0) is 13.0. The van der Waals surface area contributed by atoms with Crippen molar-refractivity contribution in [2.24, 2.45) is 0 Å². The Morgan fingerprint density at radius 2 is 2.28 bits per heavy atom. The third kappa shape index (κ3) is 2.96. The van der Waals surface area contributed by atoms with Crippen LogP contribution in [0.5, 0.6) is 0 Å². The summed E-state index contributed by atoms with van der Waals surface area (Å²) in [4.78, 5) is 7.82. The Morgan fingerprint density at radius 3 is 2.94 bits per heavy atom. The van der Waals surface area contributed by atoms with Crippen molar-refractivity contribution < 1.29 is 8.42 Å². The van der Waals surface area contributed by atoms with Gasteiger partial charge in [-0.3, -0.25) is 0 Å². The van der Waals surface area contributed by atoms with E-state index in [2.05, 4.69) is 20.0 Å². The molecule has 0 aliphatic heterocycles. The van der Waals surface area contributed by atoms with E-state index in [1.165, 1.54) is 17.7 Å². The minimum Gasteiger partial charge on any atom is -0.347 e. The lowest BCUT2D eigenvalue weighted by molar-refractivity contribution is 0.579. The monoisotopic (exact) mass is 286 g/mol. The zero-order valence-corrected chi connectivity index (χ0v) is 11.4. The van der Waals surface area contributed by atoms with Crippen LogP contribution in [0.15, 0.2) is 28.9 Å². The maximum absolute atomic E-state index is 12.1. The molecule has 0 saturated heterocycles. The average Bonchev–Trinajstić information content (AvgIpc) is 2.97. The van der Waals surface area contributed by atoms with Gasteiger partial charge in [-0.15, -0.1) is 11.3 Å². The number of imidazole rings is 1. The van der Waals surface area contributed by atoms with E-state index in [1.54, 1.807) is 24.7 Å². The number of nitrogens with zero attached hydrogens (tertiary/aromatic N) is 1. The van der Waals surface area contributed by atoms with E-state index in [1.807, 2.05) is 0 Å². The number of rotatable bonds is 6. The van der Waals surface area contributed by atoms with Crippen LogP contribution in [0.4, 0.5) is 0 Å². The van der Waals surface area contributed by atoms with Crippen LogP contribution < -0.4 is 10.0 Å². The van der Waals surface area contributed by atoms with Gasteiger partial charge in [0.05, 0.1) is 17.8 Å². The molecule has 8 heteroatoms. The van der Waals surface area contributed by atoms with Crippen molar-refractivity contribution in [1.29, 1.82) is 0 Å². The maximum atomic E-state index is 12.1. The first kappa shape index (κ1) is 13.2. The predicted molar refractivity (Wildman–Crippen MR) is 69.7 cm³/mol. The van der Waals surface area contributed by atoms with Gasteiger partial charge in [0, 0.05) is 23.3 Å². The normalized spacial score (nSPS) is 11.8. The Balaban J connectivity index is 2.12. The van der Waals surface area contributed by atoms with Crippen molar-refractivity contribution in [2.75, 3.05) is 7.05 Å². The van der Waals surface area contributed by atoms with Gasteiger partial charge in [-0.05, 0) is 18.5 Å². The summed E-state index contributed by atoms with van der Waals surface area (Å²) in [5.74, 6) is 0. The fraction of sp³-hybridized carbons (Fsp3) is 0.300. The molecule has 0 aliphatic rings. The van der Waals surface area contributed by atoms with Gasteiger partial charge in [-0.25, -0.2) is 18.1 Å². The molecule has 0 saturated carbocycles. The molecule has 98 valence electrons. The summed E-state index contributed by atoms with van der Waals surface area (Å²) in [5.41, 5.74) is 0.726. The number of hydrogen-bond donors (Lipinski definition) is 3. The Morgan fingerprint density at radius 1 is 1.44 bits per heavy atom. The molecule has 0 bridgehead atoms. The number of aromatic amines is 1. The van der Waals surface area contributed by atoms with E-state index in [9.17, 15) is 8.42 Å². The largest absolute Gasteiger partial charge is 0.347 e. The molecule has 0 unspecified atom stereocenters. The summed E-state index contributed by atoms with van der Waals surface area (Å²) in [7, 11) is -1.69. The number of aromatic nitrogens is 2. The molecule has 0 amide bonds. The van der Waals surface area contributed by atoms with E-state index in [-0.39, 0.29) is 6.54 Å². The van der Waals surface area contributed by atoms with E-state index in [0.29, 0.717) is 11.4 Å². The first-order chi connectivity index (χ1) is 8.63. The number of H-pyrrole nitrogens is 1. The molecule has 0 fully saturated rings. The molecule has 0 aromatic carbocycles. The van der Waals surface area contributed by atoms with E-state index >= 15 is 0 Å². The fourth-order valence-corrected chi connectivity index (χ4v) is 3.95. The summed E-state index contributed by atoms with van der Waals surface area (Å²) in [6.07, 6.45) is 3.10. The second kappa shape index (κ2) is 5.61. The van der Waals surface area contributed by atoms with Crippen LogP contribution >= 0.6 is 11.3 Å². The zero-order valence-electron chi connectivity index (χ0n) is 9.80. The minimum atomic E-state index is -3.47. The summed E-state index contributed by atoms with van der Waals surface area (Å²) in [6.45, 7) is 0.745. The Labute approximate surface area is 110 Å². The lowest BCUT2D eigenvalue weighted by atomic mass is 10.5. The van der Waals surface area contributed by atoms with E-state index in [4.69, 9.17) is 0 Å². The summed E-state index contributed by atoms with van der Waals surface area (Å²) in [6, 6.07) is 1.62. The molecule has 2 aromatic rings. The van der Waals surface area contributed by atoms with Crippen LogP contribution in [0.3, 0.4) is 0 Å². The van der Waals surface area contributed by atoms with E-state index in [0.717, 1.165) is 10.6 Å². The Kier molecular flexibility index (Phi) is 4.12. The first-order valence-electron chi connectivity index (χ1n) is 5.31. The molecule has 2 rings (SSSR count). The lowest BCUT2D eigenvalue weighted by Gasteiger charge is -2.06. The average molecular weight is 286 g/mol. The first-order valence-corrected chi connectivity index (χ1v) is 7.67. The van der Waals surface area contributed by atoms with Gasteiger partial charge >= 0.3 is 0 Å². The van der Waals surface area contributed by atoms with Crippen molar-refractivity contribution >= 4 is 21.4 Å². The molecule has 0 spiro atoms. The van der Waals surface area contributed by atoms with Crippen molar-refractivity contribution in [3.8, 4) is 0 Å². The molecule has 2 aromatic heterocycles. The van der Waals surface area contributed by atoms with Gasteiger partial charge in [0.2, 0.25) is 10.0 Å². The smallest absolute Gasteiger partial charge is 0.242 e. The molecule has 18 heavy (non-hydrogen) atoms. The maximum Gasteiger partial charge on any atom is 0.242 e. The number of nitrogens with one attached hydrogen (secondary N) is 3. The standard InChI is InChI=1S/C10H14N4O2S2/c1-11-6-9-10(2-3-17-9)18(15,16)14-5-8-4-12-7-13-8/h2-4,7,11,14H,5-6H2,1H3,(H,12,13). The van der Waals surface area contributed by atoms with Crippen LogP contribution in [0.25, 0.3) is 0 Å². The third-order valence-electron chi connectivity index (χ3n) is 2.34. The van der Waals surface area contributed by atoms with Gasteiger partial charge in [-0.1, -0.05) is 0 Å². The number of sulfonamides is 1. The van der Waals surface area contributed by atoms with Gasteiger partial charge < -0.3 is 10.3 Å². The SMILES string of the molecule is CNCc1sccc1S(=O)(=O)NCc1cnc[nH]1. The molecule has 2 heterocycles. The highest BCUT2D eigenvalue weighted by molar-refractivity contribution is 7.89. The Hall–Kier alpha value is -1.22. The van der Waals surface area contributed by atoms with Gasteiger partial charge in [0.15, 0.2) is 0 Å². The van der Waals surface area contributed by atoms with Gasteiger partial charge in [0.25, 0.3) is 0 Å². The van der Waals surface area contributed by atoms with Crippen LogP contribution in [0, 0.1) is 0 Å². The molecular formula is C10H14N4O2S2. The molecular weight excluding hydrogens is 272 g/mol. The topological polar surface area (TPSA) is 86.9 Å².